The highest BCUT2D eigenvalue weighted by molar-refractivity contribution is 5.97. The zero-order valence-electron chi connectivity index (χ0n) is 17.3. The summed E-state index contributed by atoms with van der Waals surface area (Å²) in [4.78, 5) is 27.4. The van der Waals surface area contributed by atoms with Crippen molar-refractivity contribution >= 4 is 17.5 Å². The van der Waals surface area contributed by atoms with E-state index < -0.39 is 6.04 Å². The fraction of sp³-hybridized carbons (Fsp3) is 0.364. The minimum Gasteiger partial charge on any atom is -0.329 e. The molecule has 0 spiro atoms. The lowest BCUT2D eigenvalue weighted by atomic mass is 10.0. The number of carbonyl (C=O) groups excluding carboxylic acids is 2. The molecule has 1 fully saturated rings. The first-order chi connectivity index (χ1) is 14.5. The summed E-state index contributed by atoms with van der Waals surface area (Å²) in [6.07, 6.45) is 5.90. The van der Waals surface area contributed by atoms with Gasteiger partial charge in [0.25, 0.3) is 0 Å². The van der Waals surface area contributed by atoms with Crippen LogP contribution in [0, 0.1) is 13.8 Å². The van der Waals surface area contributed by atoms with E-state index in [-0.39, 0.29) is 18.4 Å². The monoisotopic (exact) mass is 406 g/mol. The molecule has 156 valence electrons. The van der Waals surface area contributed by atoms with Gasteiger partial charge >= 0.3 is 0 Å². The molecule has 4 rings (SSSR count). The molecule has 1 saturated heterocycles. The predicted octanol–water partition coefficient (Wildman–Crippen LogP) is 2.71. The van der Waals surface area contributed by atoms with Crippen LogP contribution in [0.4, 0.5) is 5.69 Å². The Balaban J connectivity index is 1.43. The summed E-state index contributed by atoms with van der Waals surface area (Å²) in [7, 11) is 0. The summed E-state index contributed by atoms with van der Waals surface area (Å²) in [5.41, 5.74) is 3.66. The number of hydrogen-bond donors (Lipinski definition) is 1. The van der Waals surface area contributed by atoms with Gasteiger partial charge in [-0.2, -0.15) is 10.2 Å². The maximum Gasteiger partial charge on any atom is 0.247 e. The number of nitrogens with zero attached hydrogens (tertiary/aromatic N) is 5. The van der Waals surface area contributed by atoms with Crippen molar-refractivity contribution in [2.24, 2.45) is 0 Å². The molecular weight excluding hydrogens is 380 g/mol. The highest BCUT2D eigenvalue weighted by atomic mass is 16.2. The number of hydrogen-bond acceptors (Lipinski definition) is 4. The van der Waals surface area contributed by atoms with Gasteiger partial charge in [-0.25, -0.2) is 4.68 Å². The number of benzene rings is 1. The molecule has 1 N–H and O–H groups in total. The largest absolute Gasteiger partial charge is 0.329 e. The van der Waals surface area contributed by atoms with Gasteiger partial charge in [0, 0.05) is 30.3 Å². The van der Waals surface area contributed by atoms with E-state index in [0.717, 1.165) is 29.9 Å². The van der Waals surface area contributed by atoms with Gasteiger partial charge in [0.1, 0.15) is 12.6 Å². The van der Waals surface area contributed by atoms with Crippen LogP contribution in [0.25, 0.3) is 5.69 Å². The zero-order chi connectivity index (χ0) is 21.1. The number of carbonyl (C=O) groups is 2. The molecule has 8 nitrogen and oxygen atoms in total. The maximum absolute atomic E-state index is 13.0. The Morgan fingerprint density at radius 2 is 1.97 bits per heavy atom. The van der Waals surface area contributed by atoms with Gasteiger partial charge < -0.3 is 10.2 Å². The van der Waals surface area contributed by atoms with E-state index in [1.807, 2.05) is 48.9 Å². The van der Waals surface area contributed by atoms with Crippen molar-refractivity contribution in [3.8, 4) is 5.69 Å². The average Bonchev–Trinajstić information content (AvgIpc) is 3.37. The van der Waals surface area contributed by atoms with Crippen LogP contribution in [0.15, 0.2) is 48.8 Å². The molecule has 0 saturated carbocycles. The van der Waals surface area contributed by atoms with Gasteiger partial charge in [0.2, 0.25) is 11.8 Å². The predicted molar refractivity (Wildman–Crippen MR) is 113 cm³/mol. The van der Waals surface area contributed by atoms with Crippen molar-refractivity contribution in [3.63, 3.8) is 0 Å². The zero-order valence-corrected chi connectivity index (χ0v) is 17.3. The molecule has 1 aromatic carbocycles. The number of piperidine rings is 1. The van der Waals surface area contributed by atoms with Gasteiger partial charge in [0.05, 0.1) is 11.4 Å². The first kappa shape index (κ1) is 19.9. The smallest absolute Gasteiger partial charge is 0.247 e. The second-order valence-corrected chi connectivity index (χ2v) is 7.68. The lowest BCUT2D eigenvalue weighted by molar-refractivity contribution is -0.141. The summed E-state index contributed by atoms with van der Waals surface area (Å²) in [5, 5.41) is 11.5. The number of nitrogens with one attached hydrogen (secondary N) is 1. The Morgan fingerprint density at radius 1 is 1.17 bits per heavy atom. The molecule has 2 amide bonds. The first-order valence-corrected chi connectivity index (χ1v) is 10.2. The van der Waals surface area contributed by atoms with E-state index in [1.165, 1.54) is 0 Å². The van der Waals surface area contributed by atoms with Crippen LogP contribution in [0.1, 0.15) is 30.7 Å². The summed E-state index contributed by atoms with van der Waals surface area (Å²) < 4.78 is 3.46. The molecule has 0 bridgehead atoms. The molecule has 3 heterocycles. The van der Waals surface area contributed by atoms with E-state index in [2.05, 4.69) is 15.5 Å². The molecule has 0 radical (unpaired) electrons. The van der Waals surface area contributed by atoms with Gasteiger partial charge in [-0.1, -0.05) is 0 Å². The quantitative estimate of drug-likeness (QED) is 0.706. The van der Waals surface area contributed by atoms with Crippen LogP contribution in [-0.2, 0) is 16.1 Å². The minimum atomic E-state index is -0.461. The number of amides is 2. The van der Waals surface area contributed by atoms with Crippen LogP contribution in [0.3, 0.4) is 0 Å². The standard InChI is InChI=1S/C22H26N6O2/c1-16-14-17(2)28(25-16)19-9-7-18(8-10-19)24-22(30)20-6-3-4-13-27(20)21(29)15-26-12-5-11-23-26/h5,7-12,14,20H,3-4,6,13,15H2,1-2H3,(H,24,30)/t20-/m0/s1. The van der Waals surface area contributed by atoms with E-state index in [0.29, 0.717) is 18.7 Å². The number of likely N-dealkylation sites (tertiary alicyclic amines) is 1. The Morgan fingerprint density at radius 3 is 2.63 bits per heavy atom. The first-order valence-electron chi connectivity index (χ1n) is 10.2. The number of aryl methyl sites for hydroxylation is 2. The van der Waals surface area contributed by atoms with Crippen molar-refractivity contribution in [3.05, 3.63) is 60.2 Å². The fourth-order valence-corrected chi connectivity index (χ4v) is 3.93. The summed E-state index contributed by atoms with van der Waals surface area (Å²) in [6.45, 7) is 4.71. The summed E-state index contributed by atoms with van der Waals surface area (Å²) in [6, 6.07) is 10.9. The van der Waals surface area contributed by atoms with Crippen LogP contribution >= 0.6 is 0 Å². The number of rotatable bonds is 5. The highest BCUT2D eigenvalue weighted by Gasteiger charge is 2.32. The molecular formula is C22H26N6O2. The lowest BCUT2D eigenvalue weighted by Crippen LogP contribution is -2.51. The van der Waals surface area contributed by atoms with Crippen molar-refractivity contribution in [2.75, 3.05) is 11.9 Å². The van der Waals surface area contributed by atoms with E-state index >= 15 is 0 Å². The van der Waals surface area contributed by atoms with Crippen molar-refractivity contribution < 1.29 is 9.59 Å². The lowest BCUT2D eigenvalue weighted by Gasteiger charge is -2.34. The third-order valence-corrected chi connectivity index (χ3v) is 5.37. The number of anilines is 1. The third-order valence-electron chi connectivity index (χ3n) is 5.37. The summed E-state index contributed by atoms with van der Waals surface area (Å²) >= 11 is 0. The van der Waals surface area contributed by atoms with Crippen LogP contribution in [0.5, 0.6) is 0 Å². The van der Waals surface area contributed by atoms with Gasteiger partial charge in [0.15, 0.2) is 0 Å². The molecule has 1 aliphatic heterocycles. The van der Waals surface area contributed by atoms with Crippen molar-refractivity contribution in [1.29, 1.82) is 0 Å². The molecule has 30 heavy (non-hydrogen) atoms. The Kier molecular flexibility index (Phi) is 5.65. The third kappa shape index (κ3) is 4.27. The van der Waals surface area contributed by atoms with Crippen molar-refractivity contribution in [2.45, 2.75) is 45.7 Å². The van der Waals surface area contributed by atoms with E-state index in [4.69, 9.17) is 0 Å². The van der Waals surface area contributed by atoms with E-state index in [1.54, 1.807) is 28.0 Å². The molecule has 1 atom stereocenters. The van der Waals surface area contributed by atoms with Gasteiger partial charge in [-0.3, -0.25) is 14.3 Å². The molecule has 0 aliphatic carbocycles. The van der Waals surface area contributed by atoms with Crippen LogP contribution in [-0.4, -0.2) is 48.9 Å². The Labute approximate surface area is 175 Å². The highest BCUT2D eigenvalue weighted by Crippen LogP contribution is 2.21. The van der Waals surface area contributed by atoms with Crippen LogP contribution in [0.2, 0.25) is 0 Å². The normalized spacial score (nSPS) is 16.5. The molecule has 0 unspecified atom stereocenters. The maximum atomic E-state index is 13.0. The Bertz CT molecular complexity index is 1020. The SMILES string of the molecule is Cc1cc(C)n(-c2ccc(NC(=O)[C@@H]3CCCCN3C(=O)Cn3cccn3)cc2)n1. The van der Waals surface area contributed by atoms with E-state index in [9.17, 15) is 9.59 Å². The van der Waals surface area contributed by atoms with Gasteiger partial charge in [-0.05, 0) is 69.5 Å². The second kappa shape index (κ2) is 8.52. The van der Waals surface area contributed by atoms with Crippen molar-refractivity contribution in [1.82, 2.24) is 24.5 Å². The topological polar surface area (TPSA) is 85.0 Å². The molecule has 2 aromatic heterocycles. The van der Waals surface area contributed by atoms with Crippen LogP contribution < -0.4 is 5.32 Å². The van der Waals surface area contributed by atoms with Gasteiger partial charge in [-0.15, -0.1) is 0 Å². The second-order valence-electron chi connectivity index (χ2n) is 7.68. The summed E-state index contributed by atoms with van der Waals surface area (Å²) in [5.74, 6) is -0.235. The average molecular weight is 406 g/mol. The molecule has 1 aliphatic rings. The Hall–Kier alpha value is -3.42. The molecule has 8 heteroatoms. The molecule has 3 aromatic rings. The number of aromatic nitrogens is 4. The minimum absolute atomic E-state index is 0.0848. The fourth-order valence-electron chi connectivity index (χ4n) is 3.93.